The van der Waals surface area contributed by atoms with E-state index in [-0.39, 0.29) is 11.7 Å². The fraction of sp³-hybridized carbons (Fsp3) is 0.389. The second-order valence-electron chi connectivity index (χ2n) is 6.14. The van der Waals surface area contributed by atoms with Gasteiger partial charge in [-0.3, -0.25) is 9.69 Å². The second-order valence-corrected chi connectivity index (χ2v) is 6.14. The van der Waals surface area contributed by atoms with Gasteiger partial charge in [0.15, 0.2) is 0 Å². The Balaban J connectivity index is 1.68. The van der Waals surface area contributed by atoms with Crippen molar-refractivity contribution in [2.24, 2.45) is 0 Å². The lowest BCUT2D eigenvalue weighted by atomic mass is 10.1. The Morgan fingerprint density at radius 1 is 1.17 bits per heavy atom. The number of benzene rings is 1. The smallest absolute Gasteiger partial charge is 0.219 e. The van der Waals surface area contributed by atoms with Gasteiger partial charge < -0.3 is 4.90 Å². The molecule has 0 atom stereocenters. The third kappa shape index (κ3) is 3.76. The summed E-state index contributed by atoms with van der Waals surface area (Å²) >= 11 is 0. The van der Waals surface area contributed by atoms with Gasteiger partial charge in [-0.25, -0.2) is 14.4 Å². The molecule has 1 aromatic carbocycles. The third-order valence-corrected chi connectivity index (χ3v) is 4.34. The van der Waals surface area contributed by atoms with E-state index in [4.69, 9.17) is 0 Å². The van der Waals surface area contributed by atoms with Gasteiger partial charge in [-0.2, -0.15) is 0 Å². The minimum absolute atomic E-state index is 0.116. The topological polar surface area (TPSA) is 49.3 Å². The highest BCUT2D eigenvalue weighted by Crippen LogP contribution is 2.22. The molecular weight excluding hydrogens is 307 g/mol. The van der Waals surface area contributed by atoms with Gasteiger partial charge in [0.25, 0.3) is 0 Å². The van der Waals surface area contributed by atoms with Crippen LogP contribution in [0.4, 0.5) is 4.39 Å². The van der Waals surface area contributed by atoms with Crippen LogP contribution in [0.15, 0.2) is 30.6 Å². The predicted octanol–water partition coefficient (Wildman–Crippen LogP) is 2.26. The van der Waals surface area contributed by atoms with Crippen molar-refractivity contribution in [1.82, 2.24) is 19.8 Å². The highest BCUT2D eigenvalue weighted by molar-refractivity contribution is 5.73. The summed E-state index contributed by atoms with van der Waals surface area (Å²) in [5, 5.41) is 0. The molecule has 1 aromatic heterocycles. The van der Waals surface area contributed by atoms with Crippen LogP contribution in [0.3, 0.4) is 0 Å². The van der Waals surface area contributed by atoms with Crippen LogP contribution in [0.2, 0.25) is 0 Å². The van der Waals surface area contributed by atoms with E-state index >= 15 is 0 Å². The van der Waals surface area contributed by atoms with Gasteiger partial charge >= 0.3 is 0 Å². The van der Waals surface area contributed by atoms with Crippen LogP contribution >= 0.6 is 0 Å². The van der Waals surface area contributed by atoms with Crippen LogP contribution in [0.25, 0.3) is 11.3 Å². The zero-order valence-electron chi connectivity index (χ0n) is 14.0. The van der Waals surface area contributed by atoms with E-state index in [2.05, 4.69) is 14.9 Å². The van der Waals surface area contributed by atoms with Crippen molar-refractivity contribution in [2.45, 2.75) is 20.4 Å². The molecule has 0 bridgehead atoms. The maximum atomic E-state index is 14.5. The van der Waals surface area contributed by atoms with Gasteiger partial charge in [-0.05, 0) is 30.7 Å². The number of piperazine rings is 1. The molecule has 1 fully saturated rings. The first-order chi connectivity index (χ1) is 11.5. The fourth-order valence-electron chi connectivity index (χ4n) is 2.95. The predicted molar refractivity (Wildman–Crippen MR) is 89.7 cm³/mol. The van der Waals surface area contributed by atoms with E-state index < -0.39 is 0 Å². The normalized spacial score (nSPS) is 15.5. The van der Waals surface area contributed by atoms with Gasteiger partial charge in [-0.1, -0.05) is 6.07 Å². The highest BCUT2D eigenvalue weighted by atomic mass is 19.1. The Hall–Kier alpha value is -2.34. The molecule has 0 radical (unpaired) electrons. The Bertz CT molecular complexity index is 742. The molecule has 5 nitrogen and oxygen atoms in total. The van der Waals surface area contributed by atoms with Crippen molar-refractivity contribution in [1.29, 1.82) is 0 Å². The van der Waals surface area contributed by atoms with E-state index in [1.165, 1.54) is 6.33 Å². The lowest BCUT2D eigenvalue weighted by Gasteiger charge is -2.34. The summed E-state index contributed by atoms with van der Waals surface area (Å²) in [6.07, 6.45) is 1.45. The standard InChI is InChI=1S/C18H21FN4O/c1-13-9-18(21-12-20-13)16-4-3-15(10-17(16)19)11-22-5-7-23(8-6-22)14(2)24/h3-4,9-10,12H,5-8,11H2,1-2H3. The number of nitrogens with zero attached hydrogens (tertiary/aromatic N) is 4. The first kappa shape index (κ1) is 16.5. The first-order valence-corrected chi connectivity index (χ1v) is 8.08. The number of aryl methyl sites for hydroxylation is 1. The SMILES string of the molecule is CC(=O)N1CCN(Cc2ccc(-c3cc(C)ncn3)c(F)c2)CC1. The number of carbonyl (C=O) groups excluding carboxylic acids is 1. The molecule has 0 unspecified atom stereocenters. The molecule has 0 spiro atoms. The van der Waals surface area contributed by atoms with Crippen LogP contribution in [-0.4, -0.2) is 51.9 Å². The molecular formula is C18H21FN4O. The van der Waals surface area contributed by atoms with Crippen LogP contribution in [-0.2, 0) is 11.3 Å². The molecule has 126 valence electrons. The van der Waals surface area contributed by atoms with Crippen molar-refractivity contribution in [3.05, 3.63) is 47.7 Å². The number of hydrogen-bond acceptors (Lipinski definition) is 4. The van der Waals surface area contributed by atoms with E-state index in [0.29, 0.717) is 17.8 Å². The van der Waals surface area contributed by atoms with Crippen molar-refractivity contribution < 1.29 is 9.18 Å². The minimum Gasteiger partial charge on any atom is -0.340 e. The number of amides is 1. The third-order valence-electron chi connectivity index (χ3n) is 4.34. The maximum absolute atomic E-state index is 14.5. The van der Waals surface area contributed by atoms with E-state index in [1.807, 2.05) is 17.9 Å². The molecule has 1 aliphatic heterocycles. The fourth-order valence-corrected chi connectivity index (χ4v) is 2.95. The summed E-state index contributed by atoms with van der Waals surface area (Å²) in [6.45, 7) is 7.23. The van der Waals surface area contributed by atoms with Crippen LogP contribution in [0.5, 0.6) is 0 Å². The summed E-state index contributed by atoms with van der Waals surface area (Å²) in [5.74, 6) is -0.154. The quantitative estimate of drug-likeness (QED) is 0.867. The zero-order chi connectivity index (χ0) is 17.1. The van der Waals surface area contributed by atoms with Gasteiger partial charge in [0.05, 0.1) is 5.69 Å². The maximum Gasteiger partial charge on any atom is 0.219 e. The van der Waals surface area contributed by atoms with Gasteiger partial charge in [-0.15, -0.1) is 0 Å². The molecule has 3 rings (SSSR count). The Morgan fingerprint density at radius 2 is 1.92 bits per heavy atom. The van der Waals surface area contributed by atoms with Crippen LogP contribution in [0.1, 0.15) is 18.2 Å². The lowest BCUT2D eigenvalue weighted by molar-refractivity contribution is -0.130. The molecule has 1 amide bonds. The van der Waals surface area contributed by atoms with Gasteiger partial charge in [0.1, 0.15) is 12.1 Å². The van der Waals surface area contributed by atoms with Crippen molar-refractivity contribution in [2.75, 3.05) is 26.2 Å². The number of halogens is 1. The summed E-state index contributed by atoms with van der Waals surface area (Å²) in [7, 11) is 0. The number of rotatable bonds is 3. The molecule has 0 saturated carbocycles. The highest BCUT2D eigenvalue weighted by Gasteiger charge is 2.19. The first-order valence-electron chi connectivity index (χ1n) is 8.08. The average molecular weight is 328 g/mol. The van der Waals surface area contributed by atoms with Crippen LogP contribution < -0.4 is 0 Å². The summed E-state index contributed by atoms with van der Waals surface area (Å²) in [6, 6.07) is 7.06. The molecule has 1 aliphatic rings. The van der Waals surface area contributed by atoms with E-state index in [9.17, 15) is 9.18 Å². The Kier molecular flexibility index (Phi) is 4.85. The number of aromatic nitrogens is 2. The van der Waals surface area contributed by atoms with Crippen molar-refractivity contribution in [3.8, 4) is 11.3 Å². The zero-order valence-corrected chi connectivity index (χ0v) is 14.0. The molecule has 2 heterocycles. The monoisotopic (exact) mass is 328 g/mol. The number of hydrogen-bond donors (Lipinski definition) is 0. The molecule has 1 saturated heterocycles. The van der Waals surface area contributed by atoms with E-state index in [0.717, 1.165) is 37.4 Å². The summed E-state index contributed by atoms with van der Waals surface area (Å²) in [4.78, 5) is 23.6. The molecule has 6 heteroatoms. The lowest BCUT2D eigenvalue weighted by Crippen LogP contribution is -2.47. The van der Waals surface area contributed by atoms with Crippen molar-refractivity contribution >= 4 is 5.91 Å². The second kappa shape index (κ2) is 7.05. The summed E-state index contributed by atoms with van der Waals surface area (Å²) in [5.41, 5.74) is 2.83. The van der Waals surface area contributed by atoms with E-state index in [1.54, 1.807) is 25.1 Å². The average Bonchev–Trinajstić information content (AvgIpc) is 2.55. The molecule has 0 N–H and O–H groups in total. The van der Waals surface area contributed by atoms with Crippen LogP contribution in [0, 0.1) is 12.7 Å². The summed E-state index contributed by atoms with van der Waals surface area (Å²) < 4.78 is 14.5. The Labute approximate surface area is 141 Å². The minimum atomic E-state index is -0.270. The number of carbonyl (C=O) groups is 1. The largest absolute Gasteiger partial charge is 0.340 e. The van der Waals surface area contributed by atoms with Gasteiger partial charge in [0, 0.05) is 50.9 Å². The molecule has 2 aromatic rings. The molecule has 0 aliphatic carbocycles. The van der Waals surface area contributed by atoms with Gasteiger partial charge in [0.2, 0.25) is 5.91 Å². The molecule has 24 heavy (non-hydrogen) atoms. The Morgan fingerprint density at radius 3 is 2.54 bits per heavy atom. The van der Waals surface area contributed by atoms with Crippen molar-refractivity contribution in [3.63, 3.8) is 0 Å².